The van der Waals surface area contributed by atoms with Crippen molar-refractivity contribution in [2.24, 2.45) is 0 Å². The first-order chi connectivity index (χ1) is 12.4. The summed E-state index contributed by atoms with van der Waals surface area (Å²) in [5.74, 6) is 0.182. The van der Waals surface area contributed by atoms with Crippen LogP contribution in [-0.2, 0) is 10.2 Å². The SMILES string of the molecule is COC1CCN(C2CCN(C(=O)c3ccc(C(C)(C)C)cc3)CC2)CC1. The zero-order valence-corrected chi connectivity index (χ0v) is 16.8. The van der Waals surface area contributed by atoms with E-state index in [-0.39, 0.29) is 11.3 Å². The summed E-state index contributed by atoms with van der Waals surface area (Å²) >= 11 is 0. The number of likely N-dealkylation sites (tertiary alicyclic amines) is 2. The molecule has 0 atom stereocenters. The van der Waals surface area contributed by atoms with Crippen molar-refractivity contribution in [2.75, 3.05) is 33.3 Å². The first kappa shape index (κ1) is 19.4. The molecule has 0 aliphatic carbocycles. The van der Waals surface area contributed by atoms with Gasteiger partial charge in [-0.3, -0.25) is 4.79 Å². The number of hydrogen-bond donors (Lipinski definition) is 0. The number of rotatable bonds is 3. The molecule has 3 rings (SSSR count). The van der Waals surface area contributed by atoms with E-state index in [4.69, 9.17) is 4.74 Å². The second-order valence-electron chi connectivity index (χ2n) is 8.82. The average molecular weight is 359 g/mol. The van der Waals surface area contributed by atoms with Gasteiger partial charge in [0.05, 0.1) is 6.10 Å². The molecule has 0 saturated carbocycles. The molecule has 0 aromatic heterocycles. The summed E-state index contributed by atoms with van der Waals surface area (Å²) in [7, 11) is 1.82. The van der Waals surface area contributed by atoms with E-state index in [1.807, 2.05) is 24.1 Å². The highest BCUT2D eigenvalue weighted by molar-refractivity contribution is 5.94. The van der Waals surface area contributed by atoms with E-state index in [1.165, 1.54) is 5.56 Å². The Bertz CT molecular complexity index is 590. The molecule has 0 bridgehead atoms. The van der Waals surface area contributed by atoms with Crippen molar-refractivity contribution in [3.63, 3.8) is 0 Å². The summed E-state index contributed by atoms with van der Waals surface area (Å²) < 4.78 is 5.47. The van der Waals surface area contributed by atoms with Crippen molar-refractivity contribution in [1.29, 1.82) is 0 Å². The third kappa shape index (κ3) is 4.47. The minimum Gasteiger partial charge on any atom is -0.381 e. The van der Waals surface area contributed by atoms with Gasteiger partial charge in [0.2, 0.25) is 0 Å². The van der Waals surface area contributed by atoms with Crippen molar-refractivity contribution in [1.82, 2.24) is 9.80 Å². The van der Waals surface area contributed by atoms with E-state index < -0.39 is 0 Å². The third-order valence-corrected chi connectivity index (χ3v) is 6.08. The van der Waals surface area contributed by atoms with Crippen LogP contribution < -0.4 is 0 Å². The van der Waals surface area contributed by atoms with Crippen LogP contribution in [0.15, 0.2) is 24.3 Å². The summed E-state index contributed by atoms with van der Waals surface area (Å²) in [4.78, 5) is 17.5. The van der Waals surface area contributed by atoms with Crippen LogP contribution in [0, 0.1) is 0 Å². The van der Waals surface area contributed by atoms with Gasteiger partial charge in [0.1, 0.15) is 0 Å². The highest BCUT2D eigenvalue weighted by atomic mass is 16.5. The Morgan fingerprint density at radius 3 is 2.04 bits per heavy atom. The standard InChI is InChI=1S/C22H34N2O2/c1-22(2,3)18-7-5-17(6-8-18)21(25)24-13-9-19(10-14-24)23-15-11-20(26-4)12-16-23/h5-8,19-20H,9-16H2,1-4H3. The monoisotopic (exact) mass is 358 g/mol. The lowest BCUT2D eigenvalue weighted by atomic mass is 9.86. The van der Waals surface area contributed by atoms with Crippen LogP contribution in [0.3, 0.4) is 0 Å². The number of ether oxygens (including phenoxy) is 1. The van der Waals surface area contributed by atoms with Crippen LogP contribution in [0.1, 0.15) is 62.4 Å². The van der Waals surface area contributed by atoms with Gasteiger partial charge in [0.15, 0.2) is 0 Å². The molecule has 4 heteroatoms. The lowest BCUT2D eigenvalue weighted by Gasteiger charge is -2.41. The van der Waals surface area contributed by atoms with Gasteiger partial charge in [0, 0.05) is 44.9 Å². The van der Waals surface area contributed by atoms with Gasteiger partial charge >= 0.3 is 0 Å². The lowest BCUT2D eigenvalue weighted by molar-refractivity contribution is 0.0145. The van der Waals surface area contributed by atoms with Crippen LogP contribution in [-0.4, -0.2) is 61.1 Å². The summed E-state index contributed by atoms with van der Waals surface area (Å²) in [6, 6.07) is 8.80. The second-order valence-corrected chi connectivity index (χ2v) is 8.82. The fourth-order valence-corrected chi connectivity index (χ4v) is 4.21. The Labute approximate surface area is 158 Å². The highest BCUT2D eigenvalue weighted by Crippen LogP contribution is 2.25. The normalized spacial score (nSPS) is 21.2. The predicted molar refractivity (Wildman–Crippen MR) is 106 cm³/mol. The van der Waals surface area contributed by atoms with Crippen LogP contribution in [0.4, 0.5) is 0 Å². The van der Waals surface area contributed by atoms with Gasteiger partial charge in [-0.2, -0.15) is 0 Å². The Kier molecular flexibility index (Phi) is 6.03. The van der Waals surface area contributed by atoms with E-state index in [0.717, 1.165) is 57.4 Å². The molecule has 2 heterocycles. The minimum absolute atomic E-state index is 0.121. The molecule has 0 unspecified atom stereocenters. The van der Waals surface area contributed by atoms with Gasteiger partial charge in [0.25, 0.3) is 5.91 Å². The zero-order chi connectivity index (χ0) is 18.7. The summed E-state index contributed by atoms with van der Waals surface area (Å²) in [6.07, 6.45) is 4.88. The van der Waals surface area contributed by atoms with Crippen molar-refractivity contribution in [3.05, 3.63) is 35.4 Å². The molecule has 2 aliphatic rings. The number of carbonyl (C=O) groups excluding carboxylic acids is 1. The van der Waals surface area contributed by atoms with E-state index in [9.17, 15) is 4.79 Å². The van der Waals surface area contributed by atoms with Crippen molar-refractivity contribution in [3.8, 4) is 0 Å². The maximum atomic E-state index is 12.8. The molecule has 4 nitrogen and oxygen atoms in total. The Morgan fingerprint density at radius 1 is 0.962 bits per heavy atom. The topological polar surface area (TPSA) is 32.8 Å². The molecule has 0 spiro atoms. The van der Waals surface area contributed by atoms with E-state index in [1.54, 1.807) is 0 Å². The highest BCUT2D eigenvalue weighted by Gasteiger charge is 2.30. The number of carbonyl (C=O) groups is 1. The molecular weight excluding hydrogens is 324 g/mol. The summed E-state index contributed by atoms with van der Waals surface area (Å²) in [5, 5.41) is 0. The van der Waals surface area contributed by atoms with Crippen LogP contribution in [0.25, 0.3) is 0 Å². The molecule has 2 saturated heterocycles. The van der Waals surface area contributed by atoms with Gasteiger partial charge in [-0.15, -0.1) is 0 Å². The molecular formula is C22H34N2O2. The molecule has 144 valence electrons. The number of amides is 1. The summed E-state index contributed by atoms with van der Waals surface area (Å²) in [5.41, 5.74) is 2.21. The molecule has 26 heavy (non-hydrogen) atoms. The smallest absolute Gasteiger partial charge is 0.253 e. The fourth-order valence-electron chi connectivity index (χ4n) is 4.21. The predicted octanol–water partition coefficient (Wildman–Crippen LogP) is 3.70. The molecule has 0 radical (unpaired) electrons. The average Bonchev–Trinajstić information content (AvgIpc) is 2.67. The van der Waals surface area contributed by atoms with Crippen LogP contribution in [0.5, 0.6) is 0 Å². The largest absolute Gasteiger partial charge is 0.381 e. The number of nitrogens with zero attached hydrogens (tertiary/aromatic N) is 2. The molecule has 1 aromatic rings. The minimum atomic E-state index is 0.121. The quantitative estimate of drug-likeness (QED) is 0.826. The summed E-state index contributed by atoms with van der Waals surface area (Å²) in [6.45, 7) is 10.6. The third-order valence-electron chi connectivity index (χ3n) is 6.08. The number of methoxy groups -OCH3 is 1. The fraction of sp³-hybridized carbons (Fsp3) is 0.682. The van der Waals surface area contributed by atoms with Gasteiger partial charge < -0.3 is 14.5 Å². The molecule has 2 aliphatic heterocycles. The van der Waals surface area contributed by atoms with Crippen LogP contribution >= 0.6 is 0 Å². The molecule has 2 fully saturated rings. The second kappa shape index (κ2) is 8.10. The van der Waals surface area contributed by atoms with Gasteiger partial charge in [-0.25, -0.2) is 0 Å². The number of hydrogen-bond acceptors (Lipinski definition) is 3. The first-order valence-electron chi connectivity index (χ1n) is 10.0. The Balaban J connectivity index is 1.52. The molecule has 0 N–H and O–H groups in total. The van der Waals surface area contributed by atoms with Crippen molar-refractivity contribution >= 4 is 5.91 Å². The Morgan fingerprint density at radius 2 is 1.54 bits per heavy atom. The zero-order valence-electron chi connectivity index (χ0n) is 16.8. The van der Waals surface area contributed by atoms with Crippen molar-refractivity contribution < 1.29 is 9.53 Å². The van der Waals surface area contributed by atoms with Crippen molar-refractivity contribution in [2.45, 2.75) is 64.0 Å². The number of benzene rings is 1. The number of piperidine rings is 2. The van der Waals surface area contributed by atoms with Gasteiger partial charge in [-0.05, 0) is 48.8 Å². The molecule has 1 aromatic carbocycles. The Hall–Kier alpha value is -1.39. The van der Waals surface area contributed by atoms with E-state index >= 15 is 0 Å². The van der Waals surface area contributed by atoms with E-state index in [2.05, 4.69) is 37.8 Å². The lowest BCUT2D eigenvalue weighted by Crippen LogP contribution is -2.49. The molecule has 1 amide bonds. The van der Waals surface area contributed by atoms with Gasteiger partial charge in [-0.1, -0.05) is 32.9 Å². The maximum Gasteiger partial charge on any atom is 0.253 e. The van der Waals surface area contributed by atoms with Crippen LogP contribution in [0.2, 0.25) is 0 Å². The maximum absolute atomic E-state index is 12.8. The van der Waals surface area contributed by atoms with E-state index in [0.29, 0.717) is 12.1 Å². The first-order valence-corrected chi connectivity index (χ1v) is 10.0.